The second-order valence-corrected chi connectivity index (χ2v) is 5.74. The van der Waals surface area contributed by atoms with Crippen molar-refractivity contribution < 1.29 is 9.90 Å². The van der Waals surface area contributed by atoms with Crippen molar-refractivity contribution >= 4 is 23.2 Å². The monoisotopic (exact) mass is 333 g/mol. The van der Waals surface area contributed by atoms with E-state index in [4.69, 9.17) is 11.6 Å². The fourth-order valence-corrected chi connectivity index (χ4v) is 2.40. The van der Waals surface area contributed by atoms with Crippen molar-refractivity contribution in [3.8, 4) is 0 Å². The van der Waals surface area contributed by atoms with Gasteiger partial charge in [-0.3, -0.25) is 14.7 Å². The maximum absolute atomic E-state index is 12.3. The number of amides is 1. The smallest absolute Gasteiger partial charge is 0.238 e. The first kappa shape index (κ1) is 17.4. The van der Waals surface area contributed by atoms with Gasteiger partial charge in [0.1, 0.15) is 0 Å². The van der Waals surface area contributed by atoms with Crippen LogP contribution in [0.25, 0.3) is 0 Å². The van der Waals surface area contributed by atoms with Crippen molar-refractivity contribution in [2.24, 2.45) is 0 Å². The van der Waals surface area contributed by atoms with E-state index in [9.17, 15) is 9.90 Å². The van der Waals surface area contributed by atoms with E-state index in [1.165, 1.54) is 0 Å². The highest BCUT2D eigenvalue weighted by atomic mass is 35.5. The number of aryl methyl sites for hydroxylation is 1. The molecule has 122 valence electrons. The number of hydrogen-bond acceptors (Lipinski definition) is 4. The lowest BCUT2D eigenvalue weighted by molar-refractivity contribution is -0.117. The summed E-state index contributed by atoms with van der Waals surface area (Å²) in [5.74, 6) is -0.146. The summed E-state index contributed by atoms with van der Waals surface area (Å²) in [6, 6.07) is 9.16. The molecule has 6 heteroatoms. The van der Waals surface area contributed by atoms with Crippen LogP contribution in [0.1, 0.15) is 11.1 Å². The van der Waals surface area contributed by atoms with Crippen LogP contribution in [0.5, 0.6) is 0 Å². The van der Waals surface area contributed by atoms with Gasteiger partial charge in [0.15, 0.2) is 0 Å². The lowest BCUT2D eigenvalue weighted by Gasteiger charge is -2.21. The molecule has 1 heterocycles. The predicted octanol–water partition coefficient (Wildman–Crippen LogP) is 2.48. The molecule has 1 aromatic heterocycles. The highest BCUT2D eigenvalue weighted by Gasteiger charge is 2.12. The Morgan fingerprint density at radius 2 is 2.22 bits per heavy atom. The van der Waals surface area contributed by atoms with Crippen LogP contribution in [-0.2, 0) is 11.3 Å². The number of aliphatic hydroxyl groups is 1. The van der Waals surface area contributed by atoms with Gasteiger partial charge >= 0.3 is 0 Å². The number of aromatic nitrogens is 1. The molecule has 0 fully saturated rings. The number of hydrogen-bond donors (Lipinski definition) is 2. The largest absolute Gasteiger partial charge is 0.395 e. The molecule has 2 rings (SSSR count). The Kier molecular flexibility index (Phi) is 6.52. The molecular weight excluding hydrogens is 314 g/mol. The molecule has 0 aliphatic carbocycles. The van der Waals surface area contributed by atoms with Crippen molar-refractivity contribution in [2.45, 2.75) is 13.5 Å². The summed E-state index contributed by atoms with van der Waals surface area (Å²) in [5.41, 5.74) is 2.64. The van der Waals surface area contributed by atoms with E-state index in [1.807, 2.05) is 30.0 Å². The van der Waals surface area contributed by atoms with Crippen LogP contribution in [0.2, 0.25) is 5.02 Å². The van der Waals surface area contributed by atoms with Crippen LogP contribution in [-0.4, -0.2) is 40.6 Å². The van der Waals surface area contributed by atoms with Crippen molar-refractivity contribution in [3.05, 3.63) is 58.9 Å². The van der Waals surface area contributed by atoms with E-state index in [0.717, 1.165) is 11.1 Å². The highest BCUT2D eigenvalue weighted by molar-refractivity contribution is 6.31. The van der Waals surface area contributed by atoms with E-state index in [0.29, 0.717) is 23.8 Å². The van der Waals surface area contributed by atoms with E-state index in [-0.39, 0.29) is 19.1 Å². The molecule has 0 aliphatic heterocycles. The van der Waals surface area contributed by atoms with Gasteiger partial charge in [-0.05, 0) is 36.2 Å². The number of carbonyl (C=O) groups excluding carboxylic acids is 1. The second-order valence-electron chi connectivity index (χ2n) is 5.30. The van der Waals surface area contributed by atoms with Gasteiger partial charge < -0.3 is 10.4 Å². The van der Waals surface area contributed by atoms with Crippen molar-refractivity contribution in [1.29, 1.82) is 0 Å². The molecule has 23 heavy (non-hydrogen) atoms. The van der Waals surface area contributed by atoms with Crippen molar-refractivity contribution in [2.75, 3.05) is 25.0 Å². The van der Waals surface area contributed by atoms with Crippen LogP contribution in [0, 0.1) is 6.92 Å². The molecule has 1 amide bonds. The summed E-state index contributed by atoms with van der Waals surface area (Å²) >= 11 is 5.96. The minimum atomic E-state index is -0.146. The van der Waals surface area contributed by atoms with E-state index >= 15 is 0 Å². The topological polar surface area (TPSA) is 65.5 Å². The average molecular weight is 334 g/mol. The summed E-state index contributed by atoms with van der Waals surface area (Å²) in [6.07, 6.45) is 3.46. The molecule has 0 bridgehead atoms. The molecule has 1 aromatic carbocycles. The van der Waals surface area contributed by atoms with Crippen LogP contribution in [0.4, 0.5) is 5.69 Å². The summed E-state index contributed by atoms with van der Waals surface area (Å²) in [7, 11) is 0. The average Bonchev–Trinajstić information content (AvgIpc) is 2.52. The van der Waals surface area contributed by atoms with Gasteiger partial charge in [0.25, 0.3) is 0 Å². The fourth-order valence-electron chi connectivity index (χ4n) is 2.23. The van der Waals surface area contributed by atoms with Crippen molar-refractivity contribution in [1.82, 2.24) is 9.88 Å². The molecule has 0 radical (unpaired) electrons. The van der Waals surface area contributed by atoms with Gasteiger partial charge in [-0.2, -0.15) is 0 Å². The first-order valence-electron chi connectivity index (χ1n) is 7.36. The molecule has 0 spiro atoms. The molecule has 0 aliphatic rings. The van der Waals surface area contributed by atoms with Crippen LogP contribution in [0.3, 0.4) is 0 Å². The molecular formula is C17H20ClN3O2. The predicted molar refractivity (Wildman–Crippen MR) is 91.4 cm³/mol. The number of anilines is 1. The third kappa shape index (κ3) is 5.63. The number of halogens is 1. The third-order valence-electron chi connectivity index (χ3n) is 3.39. The number of nitrogens with zero attached hydrogens (tertiary/aromatic N) is 2. The fraction of sp³-hybridized carbons (Fsp3) is 0.294. The lowest BCUT2D eigenvalue weighted by atomic mass is 10.2. The zero-order valence-electron chi connectivity index (χ0n) is 13.0. The number of nitrogens with one attached hydrogen (secondary N) is 1. The Morgan fingerprint density at radius 3 is 2.91 bits per heavy atom. The Morgan fingerprint density at radius 1 is 1.39 bits per heavy atom. The first-order valence-corrected chi connectivity index (χ1v) is 7.74. The molecule has 2 aromatic rings. The summed E-state index contributed by atoms with van der Waals surface area (Å²) in [4.78, 5) is 18.2. The molecule has 2 N–H and O–H groups in total. The van der Waals surface area contributed by atoms with Crippen LogP contribution in [0.15, 0.2) is 42.7 Å². The Hall–Kier alpha value is -1.95. The molecule has 0 atom stereocenters. The van der Waals surface area contributed by atoms with Gasteiger partial charge in [0.2, 0.25) is 5.91 Å². The molecule has 0 unspecified atom stereocenters. The van der Waals surface area contributed by atoms with Gasteiger partial charge in [0.05, 0.1) is 13.2 Å². The lowest BCUT2D eigenvalue weighted by Crippen LogP contribution is -2.35. The van der Waals surface area contributed by atoms with Gasteiger partial charge in [0, 0.05) is 36.2 Å². The molecule has 5 nitrogen and oxygen atoms in total. The zero-order chi connectivity index (χ0) is 16.7. The number of rotatable bonds is 7. The number of pyridine rings is 1. The van der Waals surface area contributed by atoms with E-state index in [1.54, 1.807) is 24.5 Å². The van der Waals surface area contributed by atoms with Crippen LogP contribution >= 0.6 is 11.6 Å². The number of aliphatic hydroxyl groups excluding tert-OH is 1. The molecule has 0 saturated heterocycles. The van der Waals surface area contributed by atoms with Gasteiger partial charge in [-0.1, -0.05) is 23.7 Å². The third-order valence-corrected chi connectivity index (χ3v) is 3.62. The van der Waals surface area contributed by atoms with Crippen molar-refractivity contribution in [3.63, 3.8) is 0 Å². The Labute approximate surface area is 140 Å². The first-order chi connectivity index (χ1) is 11.1. The number of carbonyl (C=O) groups is 1. The van der Waals surface area contributed by atoms with E-state index < -0.39 is 0 Å². The van der Waals surface area contributed by atoms with Gasteiger partial charge in [-0.15, -0.1) is 0 Å². The summed E-state index contributed by atoms with van der Waals surface area (Å²) < 4.78 is 0. The second kappa shape index (κ2) is 8.62. The highest BCUT2D eigenvalue weighted by Crippen LogP contribution is 2.20. The zero-order valence-corrected chi connectivity index (χ0v) is 13.8. The van der Waals surface area contributed by atoms with E-state index in [2.05, 4.69) is 10.3 Å². The maximum Gasteiger partial charge on any atom is 0.238 e. The Bertz CT molecular complexity index is 650. The van der Waals surface area contributed by atoms with Gasteiger partial charge in [-0.25, -0.2) is 0 Å². The quantitative estimate of drug-likeness (QED) is 0.817. The summed E-state index contributed by atoms with van der Waals surface area (Å²) in [6.45, 7) is 3.05. The normalized spacial score (nSPS) is 10.8. The standard InChI is InChI=1S/C17H20ClN3O2/c1-13-4-5-15(18)9-16(13)20-17(23)12-21(7-8-22)11-14-3-2-6-19-10-14/h2-6,9-10,22H,7-8,11-12H2,1H3,(H,20,23). The minimum Gasteiger partial charge on any atom is -0.395 e. The van der Waals surface area contributed by atoms with Crippen LogP contribution < -0.4 is 5.32 Å². The SMILES string of the molecule is Cc1ccc(Cl)cc1NC(=O)CN(CCO)Cc1cccnc1. The number of benzene rings is 1. The minimum absolute atomic E-state index is 0.0102. The maximum atomic E-state index is 12.3. The Balaban J connectivity index is 1.98. The summed E-state index contributed by atoms with van der Waals surface area (Å²) in [5, 5.41) is 12.6. The molecule has 0 saturated carbocycles.